The van der Waals surface area contributed by atoms with Gasteiger partial charge in [0.2, 0.25) is 11.7 Å². The summed E-state index contributed by atoms with van der Waals surface area (Å²) in [5.41, 5.74) is 2.00. The monoisotopic (exact) mass is 555 g/mol. The Hall–Kier alpha value is -4.71. The van der Waals surface area contributed by atoms with Gasteiger partial charge in [0.15, 0.2) is 0 Å². The molecule has 39 heavy (non-hydrogen) atoms. The van der Waals surface area contributed by atoms with Crippen LogP contribution in [0.15, 0.2) is 66.7 Å². The molecule has 0 fully saturated rings. The number of carbonyl (C=O) groups is 2. The molecule has 0 radical (unpaired) electrons. The van der Waals surface area contributed by atoms with Crippen molar-refractivity contribution >= 4 is 41.0 Å². The number of H-pyrrole nitrogens is 1. The van der Waals surface area contributed by atoms with E-state index in [0.29, 0.717) is 11.3 Å². The lowest BCUT2D eigenvalue weighted by Crippen LogP contribution is -2.20. The van der Waals surface area contributed by atoms with Crippen LogP contribution in [0, 0.1) is 0 Å². The minimum absolute atomic E-state index is 0.0941. The highest BCUT2D eigenvalue weighted by molar-refractivity contribution is 6.31. The van der Waals surface area contributed by atoms with Crippen molar-refractivity contribution in [3.05, 3.63) is 82.9 Å². The van der Waals surface area contributed by atoms with E-state index in [2.05, 4.69) is 31.3 Å². The molecule has 0 aliphatic heterocycles. The number of rotatable bonds is 6. The van der Waals surface area contributed by atoms with Crippen LogP contribution >= 0.6 is 11.6 Å². The van der Waals surface area contributed by atoms with Crippen LogP contribution < -0.4 is 10.6 Å². The SMILES string of the molecule is CN(C)C(=O)/C=C/c1ccc(-c2ccc(NC(=O)Nc3ccc(Cl)c(C(F)(F)F)c3)c(-c3nn[nH]n3)c2)cc1. The van der Waals surface area contributed by atoms with Crippen molar-refractivity contribution in [2.24, 2.45) is 0 Å². The molecular weight excluding hydrogens is 535 g/mol. The summed E-state index contributed by atoms with van der Waals surface area (Å²) >= 11 is 5.65. The van der Waals surface area contributed by atoms with Crippen molar-refractivity contribution in [2.75, 3.05) is 24.7 Å². The summed E-state index contributed by atoms with van der Waals surface area (Å²) in [6.07, 6.45) is -1.49. The first-order valence-electron chi connectivity index (χ1n) is 11.3. The molecule has 0 aliphatic carbocycles. The maximum Gasteiger partial charge on any atom is 0.417 e. The summed E-state index contributed by atoms with van der Waals surface area (Å²) < 4.78 is 39.5. The topological polar surface area (TPSA) is 116 Å². The van der Waals surface area contributed by atoms with Gasteiger partial charge in [0, 0.05) is 31.4 Å². The quantitative estimate of drug-likeness (QED) is 0.254. The Morgan fingerprint density at radius 1 is 0.974 bits per heavy atom. The Balaban J connectivity index is 1.57. The molecule has 200 valence electrons. The van der Waals surface area contributed by atoms with E-state index in [1.54, 1.807) is 38.4 Å². The van der Waals surface area contributed by atoms with Crippen molar-refractivity contribution in [1.29, 1.82) is 0 Å². The van der Waals surface area contributed by atoms with Gasteiger partial charge in [0.1, 0.15) is 0 Å². The van der Waals surface area contributed by atoms with Crippen LogP contribution in [0.1, 0.15) is 11.1 Å². The first-order valence-corrected chi connectivity index (χ1v) is 11.7. The second kappa shape index (κ2) is 11.4. The number of halogens is 4. The van der Waals surface area contributed by atoms with Crippen LogP contribution in [0.5, 0.6) is 0 Å². The average molecular weight is 556 g/mol. The smallest absolute Gasteiger partial charge is 0.345 e. The van der Waals surface area contributed by atoms with Gasteiger partial charge in [-0.25, -0.2) is 4.79 Å². The van der Waals surface area contributed by atoms with Crippen LogP contribution in [0.25, 0.3) is 28.6 Å². The van der Waals surface area contributed by atoms with E-state index in [-0.39, 0.29) is 17.4 Å². The number of urea groups is 1. The molecule has 4 rings (SSSR count). The molecule has 0 saturated carbocycles. The van der Waals surface area contributed by atoms with Gasteiger partial charge in [0.05, 0.1) is 16.3 Å². The van der Waals surface area contributed by atoms with Crippen LogP contribution in [0.3, 0.4) is 0 Å². The number of carbonyl (C=O) groups excluding carboxylic acids is 2. The second-order valence-electron chi connectivity index (χ2n) is 8.46. The van der Waals surface area contributed by atoms with Crippen LogP contribution in [0.4, 0.5) is 29.3 Å². The highest BCUT2D eigenvalue weighted by atomic mass is 35.5. The molecule has 0 aliphatic rings. The predicted molar refractivity (Wildman–Crippen MR) is 142 cm³/mol. The average Bonchev–Trinajstić information content (AvgIpc) is 3.43. The van der Waals surface area contributed by atoms with E-state index in [0.717, 1.165) is 28.8 Å². The van der Waals surface area contributed by atoms with Gasteiger partial charge in [-0.05, 0) is 58.3 Å². The Morgan fingerprint density at radius 3 is 2.33 bits per heavy atom. The maximum atomic E-state index is 13.2. The minimum Gasteiger partial charge on any atom is -0.345 e. The fourth-order valence-corrected chi connectivity index (χ4v) is 3.73. The normalized spacial score (nSPS) is 11.4. The summed E-state index contributed by atoms with van der Waals surface area (Å²) in [6, 6.07) is 14.8. The minimum atomic E-state index is -4.68. The predicted octanol–water partition coefficient (Wildman–Crippen LogP) is 5.95. The van der Waals surface area contributed by atoms with Crippen molar-refractivity contribution in [2.45, 2.75) is 6.18 Å². The van der Waals surface area contributed by atoms with Gasteiger partial charge < -0.3 is 15.5 Å². The molecule has 0 saturated heterocycles. The van der Waals surface area contributed by atoms with Gasteiger partial charge in [-0.1, -0.05) is 41.9 Å². The lowest BCUT2D eigenvalue weighted by atomic mass is 10.00. The number of nitrogens with one attached hydrogen (secondary N) is 3. The van der Waals surface area contributed by atoms with Crippen LogP contribution in [0.2, 0.25) is 5.02 Å². The molecule has 3 aromatic carbocycles. The molecule has 0 bridgehead atoms. The van der Waals surface area contributed by atoms with Gasteiger partial charge in [-0.15, -0.1) is 10.2 Å². The Labute approximate surface area is 225 Å². The maximum absolute atomic E-state index is 13.2. The van der Waals surface area contributed by atoms with Crippen molar-refractivity contribution in [1.82, 2.24) is 25.5 Å². The van der Waals surface area contributed by atoms with Gasteiger partial charge in [-0.2, -0.15) is 18.4 Å². The fourth-order valence-electron chi connectivity index (χ4n) is 3.50. The number of aromatic nitrogens is 4. The molecular formula is C26H21ClF3N7O2. The number of hydrogen-bond acceptors (Lipinski definition) is 5. The van der Waals surface area contributed by atoms with E-state index in [4.69, 9.17) is 11.6 Å². The first kappa shape index (κ1) is 27.3. The van der Waals surface area contributed by atoms with Gasteiger partial charge in [0.25, 0.3) is 0 Å². The summed E-state index contributed by atoms with van der Waals surface area (Å²) in [5.74, 6) is 0.0626. The first-order chi connectivity index (χ1) is 18.5. The lowest BCUT2D eigenvalue weighted by Gasteiger charge is -2.14. The third-order valence-electron chi connectivity index (χ3n) is 5.49. The number of benzene rings is 3. The molecule has 3 amide bonds. The second-order valence-corrected chi connectivity index (χ2v) is 8.86. The number of tetrazole rings is 1. The third-order valence-corrected chi connectivity index (χ3v) is 5.82. The van der Waals surface area contributed by atoms with Crippen molar-refractivity contribution < 1.29 is 22.8 Å². The summed E-state index contributed by atoms with van der Waals surface area (Å²) in [6.45, 7) is 0. The molecule has 1 aromatic heterocycles. The third kappa shape index (κ3) is 6.79. The number of alkyl halides is 3. The van der Waals surface area contributed by atoms with E-state index in [1.165, 1.54) is 17.0 Å². The van der Waals surface area contributed by atoms with Crippen molar-refractivity contribution in [3.63, 3.8) is 0 Å². The summed E-state index contributed by atoms with van der Waals surface area (Å²) in [5, 5.41) is 18.4. The zero-order valence-electron chi connectivity index (χ0n) is 20.5. The largest absolute Gasteiger partial charge is 0.417 e. The van der Waals surface area contributed by atoms with E-state index >= 15 is 0 Å². The summed E-state index contributed by atoms with van der Waals surface area (Å²) in [7, 11) is 3.33. The van der Waals surface area contributed by atoms with Gasteiger partial charge >= 0.3 is 12.2 Å². The number of likely N-dealkylation sites (N-methyl/N-ethyl adjacent to an activating group) is 1. The molecule has 0 spiro atoms. The highest BCUT2D eigenvalue weighted by Gasteiger charge is 2.33. The fraction of sp³-hybridized carbons (Fsp3) is 0.115. The highest BCUT2D eigenvalue weighted by Crippen LogP contribution is 2.36. The van der Waals surface area contributed by atoms with E-state index in [1.807, 2.05) is 24.3 Å². The Kier molecular flexibility index (Phi) is 7.96. The number of amides is 3. The molecule has 3 N–H and O–H groups in total. The summed E-state index contributed by atoms with van der Waals surface area (Å²) in [4.78, 5) is 25.9. The Bertz CT molecular complexity index is 1520. The molecule has 0 unspecified atom stereocenters. The number of hydrogen-bond donors (Lipinski definition) is 3. The zero-order valence-corrected chi connectivity index (χ0v) is 21.3. The molecule has 13 heteroatoms. The lowest BCUT2D eigenvalue weighted by molar-refractivity contribution is -0.137. The molecule has 4 aromatic rings. The molecule has 0 atom stereocenters. The standard InChI is InChI=1S/C26H21ClF3N7O2/c1-37(2)23(38)12-5-15-3-6-16(7-4-15)17-8-11-22(19(13-17)24-33-35-36-34-24)32-25(39)31-18-9-10-21(27)20(14-18)26(28,29)30/h3-14H,1-2H3,(H2,31,32,39)(H,33,34,35,36)/b12-5+. The van der Waals surface area contributed by atoms with Crippen LogP contribution in [-0.4, -0.2) is 51.6 Å². The number of aromatic amines is 1. The Morgan fingerprint density at radius 2 is 1.69 bits per heavy atom. The van der Waals surface area contributed by atoms with Gasteiger partial charge in [-0.3, -0.25) is 4.79 Å². The van der Waals surface area contributed by atoms with E-state index < -0.39 is 22.8 Å². The zero-order chi connectivity index (χ0) is 28.2. The van der Waals surface area contributed by atoms with Crippen LogP contribution in [-0.2, 0) is 11.0 Å². The van der Waals surface area contributed by atoms with E-state index in [9.17, 15) is 22.8 Å². The van der Waals surface area contributed by atoms with Crippen molar-refractivity contribution in [3.8, 4) is 22.5 Å². The molecule has 1 heterocycles. The molecule has 9 nitrogen and oxygen atoms in total. The number of nitrogens with zero attached hydrogens (tertiary/aromatic N) is 4. The number of anilines is 2.